The topological polar surface area (TPSA) is 64.8 Å². The number of rotatable bonds is 5. The van der Waals surface area contributed by atoms with E-state index in [1.54, 1.807) is 0 Å². The van der Waals surface area contributed by atoms with E-state index < -0.39 is 0 Å². The Labute approximate surface area is 179 Å². The molecule has 2 fully saturated rings. The van der Waals surface area contributed by atoms with E-state index in [1.165, 1.54) is 5.56 Å². The summed E-state index contributed by atoms with van der Waals surface area (Å²) in [5, 5.41) is 7.79. The van der Waals surface area contributed by atoms with Gasteiger partial charge < -0.3 is 20.0 Å². The maximum Gasteiger partial charge on any atom is 0.194 e. The number of aromatic nitrogens is 3. The molecule has 30 heavy (non-hydrogen) atoms. The van der Waals surface area contributed by atoms with Gasteiger partial charge in [-0.25, -0.2) is 9.98 Å². The van der Waals surface area contributed by atoms with Crippen LogP contribution in [0.15, 0.2) is 35.7 Å². The number of pyridine rings is 1. The van der Waals surface area contributed by atoms with Crippen molar-refractivity contribution in [1.82, 2.24) is 29.9 Å². The minimum atomic E-state index is 0.520. The number of guanidine groups is 1. The average Bonchev–Trinajstić information content (AvgIpc) is 3.41. The van der Waals surface area contributed by atoms with Gasteiger partial charge in [-0.2, -0.15) is 5.10 Å². The number of aryl methyl sites for hydroxylation is 1. The summed E-state index contributed by atoms with van der Waals surface area (Å²) in [6.07, 6.45) is 7.23. The first-order valence-corrected chi connectivity index (χ1v) is 11.0. The number of hydrogen-bond acceptors (Lipinski definition) is 5. The number of likely N-dealkylation sites (N-methyl/N-ethyl adjacent to an activating group) is 1. The SMILES string of the molecule is CCNC(=NCc1ccc(N2CCN(C)CC2)nc1)N1CCC(c2cnn(C)c2)C1. The van der Waals surface area contributed by atoms with E-state index in [1.807, 2.05) is 24.1 Å². The Morgan fingerprint density at radius 2 is 1.97 bits per heavy atom. The predicted octanol–water partition coefficient (Wildman–Crippen LogP) is 1.52. The van der Waals surface area contributed by atoms with Crippen LogP contribution in [0.3, 0.4) is 0 Å². The monoisotopic (exact) mass is 410 g/mol. The van der Waals surface area contributed by atoms with E-state index in [2.05, 4.69) is 57.4 Å². The van der Waals surface area contributed by atoms with Gasteiger partial charge in [0.2, 0.25) is 0 Å². The third kappa shape index (κ3) is 4.92. The Balaban J connectivity index is 1.37. The van der Waals surface area contributed by atoms with Crippen molar-refractivity contribution in [3.8, 4) is 0 Å². The lowest BCUT2D eigenvalue weighted by molar-refractivity contribution is 0.312. The third-order valence-corrected chi connectivity index (χ3v) is 6.07. The molecule has 162 valence electrons. The van der Waals surface area contributed by atoms with Crippen LogP contribution in [0, 0.1) is 0 Å². The first-order valence-electron chi connectivity index (χ1n) is 11.0. The van der Waals surface area contributed by atoms with Crippen LogP contribution in [0.2, 0.25) is 0 Å². The number of anilines is 1. The van der Waals surface area contributed by atoms with Crippen LogP contribution in [0.4, 0.5) is 5.82 Å². The van der Waals surface area contributed by atoms with Crippen molar-refractivity contribution in [2.45, 2.75) is 25.8 Å². The summed E-state index contributed by atoms with van der Waals surface area (Å²) in [6, 6.07) is 4.30. The highest BCUT2D eigenvalue weighted by atomic mass is 15.3. The highest BCUT2D eigenvalue weighted by molar-refractivity contribution is 5.80. The Morgan fingerprint density at radius 1 is 1.13 bits per heavy atom. The zero-order valence-corrected chi connectivity index (χ0v) is 18.5. The molecule has 0 saturated carbocycles. The van der Waals surface area contributed by atoms with Crippen molar-refractivity contribution < 1.29 is 0 Å². The van der Waals surface area contributed by atoms with Crippen LogP contribution < -0.4 is 10.2 Å². The van der Waals surface area contributed by atoms with E-state index in [0.717, 1.165) is 69.6 Å². The molecule has 1 N–H and O–H groups in total. The summed E-state index contributed by atoms with van der Waals surface area (Å²) < 4.78 is 1.89. The fourth-order valence-corrected chi connectivity index (χ4v) is 4.20. The van der Waals surface area contributed by atoms with Gasteiger partial charge in [0.15, 0.2) is 5.96 Å². The van der Waals surface area contributed by atoms with Crippen LogP contribution in [-0.2, 0) is 13.6 Å². The van der Waals surface area contributed by atoms with Gasteiger partial charge in [-0.3, -0.25) is 4.68 Å². The minimum Gasteiger partial charge on any atom is -0.357 e. The van der Waals surface area contributed by atoms with Crippen molar-refractivity contribution >= 4 is 11.8 Å². The molecule has 8 nitrogen and oxygen atoms in total. The molecule has 4 heterocycles. The lowest BCUT2D eigenvalue weighted by atomic mass is 10.0. The van der Waals surface area contributed by atoms with Gasteiger partial charge in [0, 0.05) is 71.2 Å². The van der Waals surface area contributed by atoms with Crippen LogP contribution in [0.5, 0.6) is 0 Å². The second-order valence-electron chi connectivity index (χ2n) is 8.36. The van der Waals surface area contributed by atoms with Gasteiger partial charge in [-0.15, -0.1) is 0 Å². The second kappa shape index (κ2) is 9.47. The number of likely N-dealkylation sites (tertiary alicyclic amines) is 1. The van der Waals surface area contributed by atoms with Crippen LogP contribution in [-0.4, -0.2) is 83.4 Å². The molecule has 0 aliphatic carbocycles. The standard InChI is InChI=1S/C22H34N8/c1-4-23-22(30-8-7-19(17-30)20-15-26-28(3)16-20)25-14-18-5-6-21(24-13-18)29-11-9-27(2)10-12-29/h5-6,13,15-16,19H,4,7-12,14,17H2,1-3H3,(H,23,25). The summed E-state index contributed by atoms with van der Waals surface area (Å²) in [5.41, 5.74) is 2.46. The summed E-state index contributed by atoms with van der Waals surface area (Å²) in [6.45, 7) is 9.91. The first kappa shape index (κ1) is 20.7. The molecule has 2 aromatic heterocycles. The Hall–Kier alpha value is -2.61. The van der Waals surface area contributed by atoms with Crippen molar-refractivity contribution in [3.05, 3.63) is 41.9 Å². The van der Waals surface area contributed by atoms with E-state index in [0.29, 0.717) is 12.5 Å². The van der Waals surface area contributed by atoms with Crippen LogP contribution >= 0.6 is 0 Å². The Bertz CT molecular complexity index is 835. The predicted molar refractivity (Wildman–Crippen MR) is 121 cm³/mol. The zero-order valence-electron chi connectivity index (χ0n) is 18.5. The number of piperazine rings is 1. The summed E-state index contributed by atoms with van der Waals surface area (Å²) in [4.78, 5) is 16.7. The van der Waals surface area contributed by atoms with Crippen molar-refractivity contribution in [3.63, 3.8) is 0 Å². The molecule has 0 bridgehead atoms. The number of aliphatic imine (C=N–C) groups is 1. The fourth-order valence-electron chi connectivity index (χ4n) is 4.20. The Kier molecular flexibility index (Phi) is 6.52. The number of hydrogen-bond donors (Lipinski definition) is 1. The molecule has 4 rings (SSSR count). The second-order valence-corrected chi connectivity index (χ2v) is 8.36. The lowest BCUT2D eigenvalue weighted by Gasteiger charge is -2.33. The molecule has 2 aromatic rings. The lowest BCUT2D eigenvalue weighted by Crippen LogP contribution is -2.44. The van der Waals surface area contributed by atoms with E-state index in [9.17, 15) is 0 Å². The Morgan fingerprint density at radius 3 is 2.63 bits per heavy atom. The van der Waals surface area contributed by atoms with Gasteiger partial charge in [-0.1, -0.05) is 6.07 Å². The summed E-state index contributed by atoms with van der Waals surface area (Å²) >= 11 is 0. The average molecular weight is 411 g/mol. The largest absolute Gasteiger partial charge is 0.357 e. The first-order chi connectivity index (χ1) is 14.6. The van der Waals surface area contributed by atoms with Crippen LogP contribution in [0.1, 0.15) is 30.4 Å². The van der Waals surface area contributed by atoms with Crippen LogP contribution in [0.25, 0.3) is 0 Å². The molecule has 1 atom stereocenters. The van der Waals surface area contributed by atoms with Gasteiger partial charge >= 0.3 is 0 Å². The van der Waals surface area contributed by atoms with E-state index in [-0.39, 0.29) is 0 Å². The highest BCUT2D eigenvalue weighted by Gasteiger charge is 2.26. The van der Waals surface area contributed by atoms with Crippen molar-refractivity contribution in [1.29, 1.82) is 0 Å². The molecule has 2 aliphatic heterocycles. The summed E-state index contributed by atoms with van der Waals surface area (Å²) in [5.74, 6) is 2.58. The third-order valence-electron chi connectivity index (χ3n) is 6.07. The molecule has 0 spiro atoms. The molecular formula is C22H34N8. The fraction of sp³-hybridized carbons (Fsp3) is 0.591. The molecule has 8 heteroatoms. The number of nitrogens with one attached hydrogen (secondary N) is 1. The van der Waals surface area contributed by atoms with Gasteiger partial charge in [0.05, 0.1) is 12.7 Å². The maximum absolute atomic E-state index is 4.90. The zero-order chi connectivity index (χ0) is 20.9. The molecular weight excluding hydrogens is 376 g/mol. The molecule has 2 aliphatic rings. The maximum atomic E-state index is 4.90. The molecule has 0 amide bonds. The minimum absolute atomic E-state index is 0.520. The molecule has 0 radical (unpaired) electrons. The van der Waals surface area contributed by atoms with Crippen molar-refractivity contribution in [2.24, 2.45) is 12.0 Å². The normalized spacial score (nSPS) is 20.8. The molecule has 2 saturated heterocycles. The van der Waals surface area contributed by atoms with Gasteiger partial charge in [0.1, 0.15) is 5.82 Å². The van der Waals surface area contributed by atoms with Gasteiger partial charge in [-0.05, 0) is 37.6 Å². The highest BCUT2D eigenvalue weighted by Crippen LogP contribution is 2.26. The molecule has 1 unspecified atom stereocenters. The molecule has 0 aromatic carbocycles. The quantitative estimate of drug-likeness (QED) is 0.596. The van der Waals surface area contributed by atoms with Gasteiger partial charge in [0.25, 0.3) is 0 Å². The number of nitrogens with zero attached hydrogens (tertiary/aromatic N) is 7. The summed E-state index contributed by atoms with van der Waals surface area (Å²) in [7, 11) is 4.15. The smallest absolute Gasteiger partial charge is 0.194 e. The van der Waals surface area contributed by atoms with Crippen molar-refractivity contribution in [2.75, 3.05) is 57.8 Å². The van der Waals surface area contributed by atoms with E-state index >= 15 is 0 Å². The van der Waals surface area contributed by atoms with E-state index in [4.69, 9.17) is 9.98 Å².